The Hall–Kier alpha value is -7.44. The third-order valence-electron chi connectivity index (χ3n) is 9.97. The topological polar surface area (TPSA) is 87.2 Å². The van der Waals surface area contributed by atoms with E-state index < -0.39 is 0 Å². The molecular weight excluding hydrogens is 663 g/mol. The number of benzene rings is 7. The molecule has 6 heteroatoms. The van der Waals surface area contributed by atoms with Gasteiger partial charge in [0.25, 0.3) is 0 Å². The molecule has 0 fully saturated rings. The molecule has 254 valence electrons. The zero-order valence-electron chi connectivity index (χ0n) is 29.0. The van der Waals surface area contributed by atoms with Crippen LogP contribution in [0.1, 0.15) is 11.1 Å². The van der Waals surface area contributed by atoms with Crippen molar-refractivity contribution in [2.75, 3.05) is 5.43 Å². The lowest BCUT2D eigenvalue weighted by molar-refractivity contribution is 0.669. The van der Waals surface area contributed by atoms with E-state index in [1.54, 1.807) is 6.08 Å². The predicted molar refractivity (Wildman–Crippen MR) is 222 cm³/mol. The second-order valence-corrected chi connectivity index (χ2v) is 13.3. The van der Waals surface area contributed by atoms with E-state index in [0.29, 0.717) is 17.2 Å². The lowest BCUT2D eigenvalue weighted by Gasteiger charge is -2.18. The number of nitrogens with zero attached hydrogens (tertiary/aromatic N) is 3. The fraction of sp³-hybridized carbons (Fsp3) is 0. The number of allylic oxidation sites excluding steroid dienone is 1. The first-order valence-electron chi connectivity index (χ1n) is 17.9. The van der Waals surface area contributed by atoms with Crippen LogP contribution < -0.4 is 5.43 Å². The number of hydrazone groups is 1. The normalized spacial score (nSPS) is 13.2. The van der Waals surface area contributed by atoms with Crippen molar-refractivity contribution in [1.29, 1.82) is 5.41 Å². The van der Waals surface area contributed by atoms with Gasteiger partial charge in [-0.1, -0.05) is 127 Å². The number of hydrogen-bond acceptors (Lipinski definition) is 6. The molecule has 7 aromatic carbocycles. The van der Waals surface area contributed by atoms with E-state index in [4.69, 9.17) is 24.9 Å². The molecule has 2 N–H and O–H groups in total. The molecule has 0 radical (unpaired) electrons. The zero-order chi connectivity index (χ0) is 36.0. The van der Waals surface area contributed by atoms with Crippen molar-refractivity contribution >= 4 is 55.9 Å². The number of para-hydroxylation sites is 2. The fourth-order valence-electron chi connectivity index (χ4n) is 7.35. The van der Waals surface area contributed by atoms with Crippen LogP contribution in [-0.4, -0.2) is 21.4 Å². The third-order valence-corrected chi connectivity index (χ3v) is 9.97. The Morgan fingerprint density at radius 2 is 1.26 bits per heavy atom. The highest BCUT2D eigenvalue weighted by Crippen LogP contribution is 2.39. The summed E-state index contributed by atoms with van der Waals surface area (Å²) in [5, 5.41) is 17.7. The van der Waals surface area contributed by atoms with Gasteiger partial charge in [-0.3, -0.25) is 10.8 Å². The minimum Gasteiger partial charge on any atom is -0.456 e. The van der Waals surface area contributed by atoms with Gasteiger partial charge in [-0.15, -0.1) is 0 Å². The molecule has 1 aliphatic carbocycles. The summed E-state index contributed by atoms with van der Waals surface area (Å²) in [6, 6.07) is 55.6. The Balaban J connectivity index is 1.18. The Bertz CT molecular complexity index is 2980. The van der Waals surface area contributed by atoms with Gasteiger partial charge in [-0.05, 0) is 76.0 Å². The van der Waals surface area contributed by atoms with Gasteiger partial charge in [0.15, 0.2) is 5.82 Å². The maximum atomic E-state index is 8.88. The summed E-state index contributed by atoms with van der Waals surface area (Å²) in [5.74, 6) is 0.597. The summed E-state index contributed by atoms with van der Waals surface area (Å²) < 4.78 is 6.29. The van der Waals surface area contributed by atoms with Crippen LogP contribution in [0.3, 0.4) is 0 Å². The number of nitrogens with one attached hydrogen (secondary N) is 2. The molecule has 0 unspecified atom stereocenters. The molecule has 9 aromatic rings. The largest absolute Gasteiger partial charge is 0.456 e. The van der Waals surface area contributed by atoms with Gasteiger partial charge in [0.1, 0.15) is 16.9 Å². The fourth-order valence-corrected chi connectivity index (χ4v) is 7.35. The standard InChI is InChI=1S/C48H31N5O/c49-40-26-25-32-23-21-31-22-24-35(28-39(31)45(32)47(40)53-52-36-15-5-2-6-16-36)48-50-41(34-14-9-13-33(27-34)30-11-3-1-4-12-30)29-42(51-48)37-18-10-20-44-46(37)38-17-7-8-19-43(38)54-44/h1-29,49,52H/b49-40?,53-47+. The molecule has 0 saturated heterocycles. The van der Waals surface area contributed by atoms with Crippen LogP contribution >= 0.6 is 0 Å². The molecule has 0 spiro atoms. The van der Waals surface area contributed by atoms with E-state index in [9.17, 15) is 0 Å². The van der Waals surface area contributed by atoms with Crippen molar-refractivity contribution < 1.29 is 4.42 Å². The summed E-state index contributed by atoms with van der Waals surface area (Å²) >= 11 is 0. The van der Waals surface area contributed by atoms with Crippen LogP contribution in [-0.2, 0) is 0 Å². The van der Waals surface area contributed by atoms with Crippen molar-refractivity contribution in [3.63, 3.8) is 0 Å². The van der Waals surface area contributed by atoms with E-state index >= 15 is 0 Å². The Kier molecular flexibility index (Phi) is 7.51. The van der Waals surface area contributed by atoms with Gasteiger partial charge in [-0.25, -0.2) is 9.97 Å². The van der Waals surface area contributed by atoms with Gasteiger partial charge in [0, 0.05) is 33.0 Å². The number of anilines is 1. The Labute approximate surface area is 311 Å². The molecule has 0 saturated carbocycles. The monoisotopic (exact) mass is 693 g/mol. The van der Waals surface area contributed by atoms with Gasteiger partial charge in [0.05, 0.1) is 22.8 Å². The molecule has 0 amide bonds. The Morgan fingerprint density at radius 1 is 0.537 bits per heavy atom. The van der Waals surface area contributed by atoms with Gasteiger partial charge in [0.2, 0.25) is 0 Å². The minimum absolute atomic E-state index is 0.336. The summed E-state index contributed by atoms with van der Waals surface area (Å²) in [4.78, 5) is 10.6. The minimum atomic E-state index is 0.336. The molecular formula is C48H31N5O. The highest BCUT2D eigenvalue weighted by atomic mass is 16.3. The van der Waals surface area contributed by atoms with Crippen molar-refractivity contribution in [3.05, 3.63) is 181 Å². The number of furan rings is 1. The van der Waals surface area contributed by atoms with Crippen LogP contribution in [0.15, 0.2) is 179 Å². The van der Waals surface area contributed by atoms with E-state index in [1.165, 1.54) is 0 Å². The summed E-state index contributed by atoms with van der Waals surface area (Å²) in [6.07, 6.45) is 3.78. The van der Waals surface area contributed by atoms with Crippen molar-refractivity contribution in [2.45, 2.75) is 0 Å². The maximum absolute atomic E-state index is 8.88. The number of hydrogen-bond donors (Lipinski definition) is 2. The average molecular weight is 694 g/mol. The molecule has 10 rings (SSSR count). The predicted octanol–water partition coefficient (Wildman–Crippen LogP) is 12.1. The molecule has 0 aliphatic heterocycles. The first kappa shape index (κ1) is 31.3. The van der Waals surface area contributed by atoms with Gasteiger partial charge < -0.3 is 4.42 Å². The van der Waals surface area contributed by atoms with Gasteiger partial charge in [-0.2, -0.15) is 5.10 Å². The summed E-state index contributed by atoms with van der Waals surface area (Å²) in [6.45, 7) is 0. The molecule has 1 aliphatic rings. The molecule has 6 nitrogen and oxygen atoms in total. The number of rotatable bonds is 6. The Morgan fingerprint density at radius 3 is 2.15 bits per heavy atom. The molecule has 54 heavy (non-hydrogen) atoms. The highest BCUT2D eigenvalue weighted by Gasteiger charge is 2.22. The second kappa shape index (κ2) is 13.0. The van der Waals surface area contributed by atoms with Crippen LogP contribution in [0.25, 0.3) is 83.8 Å². The van der Waals surface area contributed by atoms with E-state index in [2.05, 4.69) is 102 Å². The van der Waals surface area contributed by atoms with E-state index in [0.717, 1.165) is 88.7 Å². The maximum Gasteiger partial charge on any atom is 0.160 e. The van der Waals surface area contributed by atoms with Crippen LogP contribution in [0.2, 0.25) is 0 Å². The highest BCUT2D eigenvalue weighted by molar-refractivity contribution is 6.55. The second-order valence-electron chi connectivity index (χ2n) is 13.3. The SMILES string of the molecule is N=C1C=Cc2ccc3ccc(-c4nc(-c5cccc(-c6ccccc6)c5)cc(-c5cccc6oc7ccccc7c56)n4)cc3c2/C1=N/Nc1ccccc1. The number of aromatic nitrogens is 2. The van der Waals surface area contributed by atoms with Crippen molar-refractivity contribution in [1.82, 2.24) is 9.97 Å². The zero-order valence-corrected chi connectivity index (χ0v) is 29.0. The molecule has 2 heterocycles. The first-order chi connectivity index (χ1) is 26.7. The summed E-state index contributed by atoms with van der Waals surface area (Å²) in [5.41, 5.74) is 15.2. The van der Waals surface area contributed by atoms with E-state index in [-0.39, 0.29) is 0 Å². The van der Waals surface area contributed by atoms with Crippen molar-refractivity contribution in [2.24, 2.45) is 5.10 Å². The molecule has 0 atom stereocenters. The van der Waals surface area contributed by atoms with Crippen LogP contribution in [0.5, 0.6) is 0 Å². The quantitative estimate of drug-likeness (QED) is 0.170. The third kappa shape index (κ3) is 5.54. The van der Waals surface area contributed by atoms with Gasteiger partial charge >= 0.3 is 0 Å². The number of fused-ring (bicyclic) bond motifs is 6. The average Bonchev–Trinajstić information content (AvgIpc) is 3.63. The first-order valence-corrected chi connectivity index (χ1v) is 17.9. The van der Waals surface area contributed by atoms with Crippen LogP contribution in [0.4, 0.5) is 5.69 Å². The van der Waals surface area contributed by atoms with Crippen LogP contribution in [0, 0.1) is 5.41 Å². The lowest BCUT2D eigenvalue weighted by atomic mass is 9.88. The lowest BCUT2D eigenvalue weighted by Crippen LogP contribution is -2.19. The smallest absolute Gasteiger partial charge is 0.160 e. The van der Waals surface area contributed by atoms with Crippen molar-refractivity contribution in [3.8, 4) is 45.0 Å². The summed E-state index contributed by atoms with van der Waals surface area (Å²) in [7, 11) is 0. The molecule has 0 bridgehead atoms. The van der Waals surface area contributed by atoms with E-state index in [1.807, 2.05) is 72.8 Å². The molecule has 2 aromatic heterocycles.